The number of ketones is 1. The zero-order valence-corrected chi connectivity index (χ0v) is 11.9. The fourth-order valence-electron chi connectivity index (χ4n) is 2.21. The monoisotopic (exact) mass is 312 g/mol. The molecule has 0 aliphatic rings. The van der Waals surface area contributed by atoms with E-state index in [0.29, 0.717) is 16.1 Å². The molecular weight excluding hydrogens is 301 g/mol. The molecule has 5 heteroatoms. The average Bonchev–Trinajstić information content (AvgIpc) is 2.40. The van der Waals surface area contributed by atoms with Crippen molar-refractivity contribution in [2.75, 3.05) is 0 Å². The maximum atomic E-state index is 12.6. The van der Waals surface area contributed by atoms with Gasteiger partial charge in [-0.25, -0.2) is 0 Å². The fourth-order valence-corrected chi connectivity index (χ4v) is 2.45. The van der Waals surface area contributed by atoms with Crippen LogP contribution in [0.15, 0.2) is 48.5 Å². The second kappa shape index (κ2) is 5.90. The molecule has 1 atom stereocenters. The van der Waals surface area contributed by atoms with Crippen LogP contribution in [0.2, 0.25) is 5.02 Å². The normalized spacial score (nSPS) is 13.0. The van der Waals surface area contributed by atoms with Gasteiger partial charge in [-0.1, -0.05) is 41.9 Å². The van der Waals surface area contributed by atoms with Gasteiger partial charge in [0.05, 0.1) is 11.5 Å². The van der Waals surface area contributed by atoms with E-state index in [0.717, 1.165) is 12.1 Å². The zero-order chi connectivity index (χ0) is 15.6. The minimum absolute atomic E-state index is 0.178. The summed E-state index contributed by atoms with van der Waals surface area (Å²) in [6, 6.07) is 11.4. The standard InChI is InChI=1S/C16H12ClF3O/c1-10(21)15(13-4-2-3-5-14(13)17)11-6-8-12(9-7-11)16(18,19)20/h2-9,15H,1H3. The molecule has 0 fully saturated rings. The molecule has 21 heavy (non-hydrogen) atoms. The number of Topliss-reactive ketones (excluding diaryl/α,β-unsaturated/α-hetero) is 1. The van der Waals surface area contributed by atoms with Crippen molar-refractivity contribution in [2.45, 2.75) is 19.0 Å². The molecule has 0 saturated carbocycles. The van der Waals surface area contributed by atoms with Gasteiger partial charge >= 0.3 is 6.18 Å². The van der Waals surface area contributed by atoms with Gasteiger partial charge in [0.25, 0.3) is 0 Å². The molecule has 0 radical (unpaired) electrons. The molecule has 0 bridgehead atoms. The van der Waals surface area contributed by atoms with Gasteiger partial charge in [0.2, 0.25) is 0 Å². The second-order valence-corrected chi connectivity index (χ2v) is 5.09. The van der Waals surface area contributed by atoms with Crippen molar-refractivity contribution in [3.05, 3.63) is 70.2 Å². The van der Waals surface area contributed by atoms with E-state index < -0.39 is 17.7 Å². The van der Waals surface area contributed by atoms with Gasteiger partial charge in [-0.15, -0.1) is 0 Å². The Balaban J connectivity index is 2.45. The quantitative estimate of drug-likeness (QED) is 0.772. The van der Waals surface area contributed by atoms with Gasteiger partial charge in [0, 0.05) is 5.02 Å². The zero-order valence-electron chi connectivity index (χ0n) is 11.1. The SMILES string of the molecule is CC(=O)C(c1ccc(C(F)(F)F)cc1)c1ccccc1Cl. The van der Waals surface area contributed by atoms with Crippen molar-refractivity contribution in [1.29, 1.82) is 0 Å². The molecule has 2 rings (SSSR count). The van der Waals surface area contributed by atoms with Crippen LogP contribution in [0.5, 0.6) is 0 Å². The van der Waals surface area contributed by atoms with Crippen LogP contribution in [0.4, 0.5) is 13.2 Å². The maximum Gasteiger partial charge on any atom is 0.416 e. The Hall–Kier alpha value is -1.81. The third kappa shape index (κ3) is 3.45. The molecule has 0 saturated heterocycles. The molecule has 1 nitrogen and oxygen atoms in total. The minimum Gasteiger partial charge on any atom is -0.299 e. The summed E-state index contributed by atoms with van der Waals surface area (Å²) in [6.45, 7) is 1.39. The highest BCUT2D eigenvalue weighted by Crippen LogP contribution is 2.34. The Morgan fingerprint density at radius 2 is 1.62 bits per heavy atom. The summed E-state index contributed by atoms with van der Waals surface area (Å²) < 4.78 is 37.7. The average molecular weight is 313 g/mol. The van der Waals surface area contributed by atoms with Crippen molar-refractivity contribution in [2.24, 2.45) is 0 Å². The summed E-state index contributed by atoms with van der Waals surface area (Å²) in [5.41, 5.74) is 0.336. The van der Waals surface area contributed by atoms with E-state index in [2.05, 4.69) is 0 Å². The third-order valence-electron chi connectivity index (χ3n) is 3.19. The minimum atomic E-state index is -4.39. The van der Waals surface area contributed by atoms with Crippen LogP contribution in [0.25, 0.3) is 0 Å². The largest absolute Gasteiger partial charge is 0.416 e. The first-order chi connectivity index (χ1) is 9.80. The van der Waals surface area contributed by atoms with Gasteiger partial charge in [0.15, 0.2) is 0 Å². The number of carbonyl (C=O) groups excluding carboxylic acids is 1. The first kappa shape index (κ1) is 15.6. The van der Waals surface area contributed by atoms with Crippen LogP contribution < -0.4 is 0 Å². The van der Waals surface area contributed by atoms with E-state index in [9.17, 15) is 18.0 Å². The van der Waals surface area contributed by atoms with Crippen molar-refractivity contribution in [1.82, 2.24) is 0 Å². The summed E-state index contributed by atoms with van der Waals surface area (Å²) in [5.74, 6) is -0.844. The van der Waals surface area contributed by atoms with Crippen molar-refractivity contribution in [3.8, 4) is 0 Å². The Kier molecular flexibility index (Phi) is 4.37. The Morgan fingerprint density at radius 3 is 2.10 bits per heavy atom. The lowest BCUT2D eigenvalue weighted by molar-refractivity contribution is -0.137. The third-order valence-corrected chi connectivity index (χ3v) is 3.54. The van der Waals surface area contributed by atoms with Crippen LogP contribution >= 0.6 is 11.6 Å². The molecule has 0 amide bonds. The van der Waals surface area contributed by atoms with E-state index in [-0.39, 0.29) is 5.78 Å². The van der Waals surface area contributed by atoms with E-state index in [1.54, 1.807) is 24.3 Å². The Morgan fingerprint density at radius 1 is 1.05 bits per heavy atom. The van der Waals surface area contributed by atoms with Gasteiger partial charge in [-0.05, 0) is 36.2 Å². The predicted molar refractivity (Wildman–Crippen MR) is 75.4 cm³/mol. The molecule has 0 aliphatic heterocycles. The van der Waals surface area contributed by atoms with Gasteiger partial charge in [-0.2, -0.15) is 13.2 Å². The highest BCUT2D eigenvalue weighted by molar-refractivity contribution is 6.31. The van der Waals surface area contributed by atoms with Crippen molar-refractivity contribution in [3.63, 3.8) is 0 Å². The number of halogens is 4. The van der Waals surface area contributed by atoms with Crippen molar-refractivity contribution >= 4 is 17.4 Å². The van der Waals surface area contributed by atoms with E-state index >= 15 is 0 Å². The van der Waals surface area contributed by atoms with Crippen LogP contribution in [-0.4, -0.2) is 5.78 Å². The van der Waals surface area contributed by atoms with E-state index in [1.165, 1.54) is 19.1 Å². The van der Waals surface area contributed by atoms with E-state index in [4.69, 9.17) is 11.6 Å². The smallest absolute Gasteiger partial charge is 0.299 e. The summed E-state index contributed by atoms with van der Waals surface area (Å²) in [7, 11) is 0. The predicted octanol–water partition coefficient (Wildman–Crippen LogP) is 5.08. The van der Waals surface area contributed by atoms with Gasteiger partial charge in [0.1, 0.15) is 5.78 Å². The van der Waals surface area contributed by atoms with Crippen molar-refractivity contribution < 1.29 is 18.0 Å². The molecule has 0 heterocycles. The fraction of sp³-hybridized carbons (Fsp3) is 0.188. The second-order valence-electron chi connectivity index (χ2n) is 4.68. The van der Waals surface area contributed by atoms with Crippen LogP contribution in [-0.2, 0) is 11.0 Å². The molecule has 1 unspecified atom stereocenters. The number of rotatable bonds is 3. The highest BCUT2D eigenvalue weighted by Gasteiger charge is 2.30. The number of hydrogen-bond acceptors (Lipinski definition) is 1. The molecular formula is C16H12ClF3O. The number of benzene rings is 2. The summed E-state index contributed by atoms with van der Waals surface area (Å²) >= 11 is 6.08. The number of hydrogen-bond donors (Lipinski definition) is 0. The van der Waals surface area contributed by atoms with Crippen LogP contribution in [0.3, 0.4) is 0 Å². The number of alkyl halides is 3. The highest BCUT2D eigenvalue weighted by atomic mass is 35.5. The lowest BCUT2D eigenvalue weighted by Crippen LogP contribution is -2.12. The summed E-state index contributed by atoms with van der Waals surface area (Å²) in [6.07, 6.45) is -4.39. The first-order valence-electron chi connectivity index (χ1n) is 6.22. The summed E-state index contributed by atoms with van der Waals surface area (Å²) in [5, 5.41) is 0.414. The Bertz CT molecular complexity index is 647. The van der Waals surface area contributed by atoms with Gasteiger partial charge in [-0.3, -0.25) is 4.79 Å². The van der Waals surface area contributed by atoms with E-state index in [1.807, 2.05) is 0 Å². The van der Waals surface area contributed by atoms with Gasteiger partial charge < -0.3 is 0 Å². The molecule has 110 valence electrons. The molecule has 0 aliphatic carbocycles. The molecule has 2 aromatic carbocycles. The lowest BCUT2D eigenvalue weighted by Gasteiger charge is -2.17. The topological polar surface area (TPSA) is 17.1 Å². The molecule has 0 spiro atoms. The van der Waals surface area contributed by atoms with Crippen LogP contribution in [0, 0.1) is 0 Å². The molecule has 2 aromatic rings. The van der Waals surface area contributed by atoms with Crippen LogP contribution in [0.1, 0.15) is 29.5 Å². The lowest BCUT2D eigenvalue weighted by atomic mass is 9.88. The summed E-state index contributed by atoms with van der Waals surface area (Å²) in [4.78, 5) is 11.9. The first-order valence-corrected chi connectivity index (χ1v) is 6.60. The number of carbonyl (C=O) groups is 1. The maximum absolute atomic E-state index is 12.6. The Labute approximate surface area is 125 Å². The molecule has 0 aromatic heterocycles. The molecule has 0 N–H and O–H groups in total.